The van der Waals surface area contributed by atoms with E-state index < -0.39 is 17.7 Å². The number of hydrogen-bond donors (Lipinski definition) is 1. The summed E-state index contributed by atoms with van der Waals surface area (Å²) in [5.74, 6) is -1.07. The van der Waals surface area contributed by atoms with Crippen molar-refractivity contribution < 1.29 is 13.6 Å². The zero-order chi connectivity index (χ0) is 15.6. The van der Waals surface area contributed by atoms with E-state index in [1.54, 1.807) is 14.0 Å². The summed E-state index contributed by atoms with van der Waals surface area (Å²) >= 11 is 0. The highest BCUT2D eigenvalue weighted by molar-refractivity contribution is 5.79. The number of hydrogen-bond acceptors (Lipinski definition) is 2. The molecule has 0 aromatic heterocycles. The summed E-state index contributed by atoms with van der Waals surface area (Å²) in [5, 5.41) is 0. The van der Waals surface area contributed by atoms with Crippen LogP contribution >= 0.6 is 0 Å². The molecule has 0 spiro atoms. The van der Waals surface area contributed by atoms with Crippen LogP contribution in [0.25, 0.3) is 0 Å². The van der Waals surface area contributed by atoms with Crippen molar-refractivity contribution in [2.45, 2.75) is 44.7 Å². The van der Waals surface area contributed by atoms with Crippen molar-refractivity contribution in [3.63, 3.8) is 0 Å². The lowest BCUT2D eigenvalue weighted by Gasteiger charge is -2.32. The van der Waals surface area contributed by atoms with Gasteiger partial charge in [-0.15, -0.1) is 0 Å². The zero-order valence-corrected chi connectivity index (χ0v) is 12.5. The smallest absolute Gasteiger partial charge is 0.225 e. The van der Waals surface area contributed by atoms with E-state index in [9.17, 15) is 13.6 Å². The summed E-state index contributed by atoms with van der Waals surface area (Å²) in [6, 6.07) is 3.01. The van der Waals surface area contributed by atoms with Crippen LogP contribution in [0.1, 0.15) is 44.2 Å². The first kappa shape index (κ1) is 15.9. The SMILES string of the molecule is CC(c1cc(F)ccc1F)N(C)C(=O)C1CCC(N)CC1. The van der Waals surface area contributed by atoms with Gasteiger partial charge in [0.25, 0.3) is 0 Å². The number of rotatable bonds is 3. The molecule has 1 aromatic rings. The molecule has 1 amide bonds. The third-order valence-corrected chi connectivity index (χ3v) is 4.46. The molecule has 116 valence electrons. The molecule has 0 saturated heterocycles. The largest absolute Gasteiger partial charge is 0.339 e. The first-order valence-electron chi connectivity index (χ1n) is 7.37. The van der Waals surface area contributed by atoms with Gasteiger partial charge in [-0.3, -0.25) is 4.79 Å². The van der Waals surface area contributed by atoms with Gasteiger partial charge in [-0.1, -0.05) is 0 Å². The van der Waals surface area contributed by atoms with Gasteiger partial charge in [0.1, 0.15) is 11.6 Å². The highest BCUT2D eigenvalue weighted by Crippen LogP contribution is 2.29. The lowest BCUT2D eigenvalue weighted by atomic mass is 9.85. The highest BCUT2D eigenvalue weighted by atomic mass is 19.1. The second kappa shape index (κ2) is 6.52. The molecule has 3 nitrogen and oxygen atoms in total. The predicted molar refractivity (Wildman–Crippen MR) is 77.5 cm³/mol. The van der Waals surface area contributed by atoms with Crippen molar-refractivity contribution in [2.24, 2.45) is 11.7 Å². The van der Waals surface area contributed by atoms with Crippen LogP contribution in [0.15, 0.2) is 18.2 Å². The Morgan fingerprint density at radius 1 is 1.29 bits per heavy atom. The maximum atomic E-state index is 13.8. The summed E-state index contributed by atoms with van der Waals surface area (Å²) in [6.07, 6.45) is 3.21. The molecule has 1 aromatic carbocycles. The van der Waals surface area contributed by atoms with E-state index in [2.05, 4.69) is 0 Å². The van der Waals surface area contributed by atoms with Gasteiger partial charge in [-0.25, -0.2) is 8.78 Å². The maximum absolute atomic E-state index is 13.8. The number of carbonyl (C=O) groups is 1. The Labute approximate surface area is 124 Å². The maximum Gasteiger partial charge on any atom is 0.225 e. The summed E-state index contributed by atoms with van der Waals surface area (Å²) in [6.45, 7) is 1.71. The third kappa shape index (κ3) is 3.59. The minimum atomic E-state index is -0.497. The standard InChI is InChI=1S/C16H22F2N2O/c1-10(14-9-12(17)5-8-15(14)18)20(2)16(21)11-3-6-13(19)7-4-11/h5,8-11,13H,3-4,6-7,19H2,1-2H3. The van der Waals surface area contributed by atoms with E-state index in [-0.39, 0.29) is 23.4 Å². The number of halogens is 2. The molecule has 0 radical (unpaired) electrons. The Balaban J connectivity index is 2.09. The number of nitrogens with zero attached hydrogens (tertiary/aromatic N) is 1. The van der Waals surface area contributed by atoms with E-state index in [1.165, 1.54) is 4.90 Å². The quantitative estimate of drug-likeness (QED) is 0.932. The summed E-state index contributed by atoms with van der Waals surface area (Å²) in [4.78, 5) is 14.0. The van der Waals surface area contributed by atoms with Crippen LogP contribution in [0.2, 0.25) is 0 Å². The predicted octanol–water partition coefficient (Wildman–Crippen LogP) is 3.00. The van der Waals surface area contributed by atoms with Gasteiger partial charge in [0.05, 0.1) is 6.04 Å². The van der Waals surface area contributed by atoms with Crippen LogP contribution in [0.4, 0.5) is 8.78 Å². The van der Waals surface area contributed by atoms with Gasteiger partial charge in [0.2, 0.25) is 5.91 Å². The van der Waals surface area contributed by atoms with E-state index in [1.807, 2.05) is 0 Å². The van der Waals surface area contributed by atoms with E-state index in [0.29, 0.717) is 0 Å². The van der Waals surface area contributed by atoms with Gasteiger partial charge in [0.15, 0.2) is 0 Å². The Hall–Kier alpha value is -1.49. The van der Waals surface area contributed by atoms with E-state index in [0.717, 1.165) is 43.9 Å². The first-order chi connectivity index (χ1) is 9.90. The van der Waals surface area contributed by atoms with Crippen LogP contribution in [-0.2, 0) is 4.79 Å². The molecule has 5 heteroatoms. The van der Waals surface area contributed by atoms with Crippen LogP contribution in [0, 0.1) is 17.6 Å². The second-order valence-corrected chi connectivity index (χ2v) is 5.90. The average molecular weight is 296 g/mol. The zero-order valence-electron chi connectivity index (χ0n) is 12.5. The fourth-order valence-corrected chi connectivity index (χ4v) is 2.89. The van der Waals surface area contributed by atoms with Crippen LogP contribution in [0.3, 0.4) is 0 Å². The molecule has 1 unspecified atom stereocenters. The molecular weight excluding hydrogens is 274 g/mol. The van der Waals surface area contributed by atoms with Crippen molar-refractivity contribution in [1.29, 1.82) is 0 Å². The van der Waals surface area contributed by atoms with Gasteiger partial charge < -0.3 is 10.6 Å². The Morgan fingerprint density at radius 2 is 1.90 bits per heavy atom. The number of benzene rings is 1. The number of amides is 1. The van der Waals surface area contributed by atoms with Gasteiger partial charge in [-0.05, 0) is 50.8 Å². The number of nitrogens with two attached hydrogens (primary N) is 1. The minimum Gasteiger partial charge on any atom is -0.339 e. The molecule has 1 aliphatic carbocycles. The molecule has 21 heavy (non-hydrogen) atoms. The molecule has 2 N–H and O–H groups in total. The average Bonchev–Trinajstić information content (AvgIpc) is 2.48. The van der Waals surface area contributed by atoms with E-state index >= 15 is 0 Å². The monoisotopic (exact) mass is 296 g/mol. The summed E-state index contributed by atoms with van der Waals surface area (Å²) in [7, 11) is 1.64. The lowest BCUT2D eigenvalue weighted by Crippen LogP contribution is -2.38. The second-order valence-electron chi connectivity index (χ2n) is 5.90. The Kier molecular flexibility index (Phi) is 4.93. The Bertz CT molecular complexity index is 513. The molecule has 0 aliphatic heterocycles. The third-order valence-electron chi connectivity index (χ3n) is 4.46. The van der Waals surface area contributed by atoms with Crippen molar-refractivity contribution in [1.82, 2.24) is 4.90 Å². The topological polar surface area (TPSA) is 46.3 Å². The molecule has 0 heterocycles. The number of carbonyl (C=O) groups excluding carboxylic acids is 1. The van der Waals surface area contributed by atoms with Crippen LogP contribution < -0.4 is 5.73 Å². The summed E-state index contributed by atoms with van der Waals surface area (Å²) in [5.41, 5.74) is 6.05. The van der Waals surface area contributed by atoms with Crippen molar-refractivity contribution in [3.8, 4) is 0 Å². The lowest BCUT2D eigenvalue weighted by molar-refractivity contribution is -0.137. The molecule has 1 saturated carbocycles. The van der Waals surface area contributed by atoms with Crippen molar-refractivity contribution in [2.75, 3.05) is 7.05 Å². The van der Waals surface area contributed by atoms with Gasteiger partial charge >= 0.3 is 0 Å². The fourth-order valence-electron chi connectivity index (χ4n) is 2.89. The van der Waals surface area contributed by atoms with E-state index in [4.69, 9.17) is 5.73 Å². The Morgan fingerprint density at radius 3 is 2.52 bits per heavy atom. The van der Waals surface area contributed by atoms with Crippen LogP contribution in [0.5, 0.6) is 0 Å². The van der Waals surface area contributed by atoms with Gasteiger partial charge in [0, 0.05) is 24.6 Å². The minimum absolute atomic E-state index is 0.0157. The molecule has 1 atom stereocenters. The molecule has 2 rings (SSSR count). The fraction of sp³-hybridized carbons (Fsp3) is 0.562. The van der Waals surface area contributed by atoms with Gasteiger partial charge in [-0.2, -0.15) is 0 Å². The molecule has 1 aliphatic rings. The van der Waals surface area contributed by atoms with Crippen molar-refractivity contribution >= 4 is 5.91 Å². The molecular formula is C16H22F2N2O. The summed E-state index contributed by atoms with van der Waals surface area (Å²) < 4.78 is 27.1. The van der Waals surface area contributed by atoms with Crippen molar-refractivity contribution in [3.05, 3.63) is 35.4 Å². The highest BCUT2D eigenvalue weighted by Gasteiger charge is 2.29. The normalized spacial score (nSPS) is 23.7. The molecule has 1 fully saturated rings. The molecule has 0 bridgehead atoms. The van der Waals surface area contributed by atoms with Crippen LogP contribution in [-0.4, -0.2) is 23.9 Å². The first-order valence-corrected chi connectivity index (χ1v) is 7.37.